The molecule has 1 fully saturated rings. The van der Waals surface area contributed by atoms with E-state index < -0.39 is 0 Å². The van der Waals surface area contributed by atoms with Gasteiger partial charge in [0, 0.05) is 27.5 Å². The minimum atomic E-state index is -0.00701. The minimum absolute atomic E-state index is 0.000752. The van der Waals surface area contributed by atoms with Crippen molar-refractivity contribution in [2.24, 2.45) is 5.10 Å². The van der Waals surface area contributed by atoms with E-state index in [0.717, 1.165) is 35.8 Å². The predicted octanol–water partition coefficient (Wildman–Crippen LogP) is 3.40. The lowest BCUT2D eigenvalue weighted by Gasteiger charge is -2.31. The average Bonchev–Trinajstić information content (AvgIpc) is 3.45. The summed E-state index contributed by atoms with van der Waals surface area (Å²) in [5, 5.41) is 18.2. The first-order chi connectivity index (χ1) is 15.0. The monoisotopic (exact) mass is 454 g/mol. The number of anilines is 1. The maximum absolute atomic E-state index is 6.76. The van der Waals surface area contributed by atoms with Gasteiger partial charge >= 0.3 is 0 Å². The number of hydrazone groups is 1. The van der Waals surface area contributed by atoms with Crippen molar-refractivity contribution in [3.63, 3.8) is 0 Å². The van der Waals surface area contributed by atoms with Crippen LogP contribution in [0.1, 0.15) is 47.9 Å². The van der Waals surface area contributed by atoms with Gasteiger partial charge in [-0.3, -0.25) is 26.3 Å². The Kier molecular flexibility index (Phi) is 4.67. The van der Waals surface area contributed by atoms with Crippen molar-refractivity contribution in [1.29, 1.82) is 0 Å². The quantitative estimate of drug-likeness (QED) is 0.560. The van der Waals surface area contributed by atoms with Gasteiger partial charge in [-0.05, 0) is 50.0 Å². The minimum Gasteiger partial charge on any atom is -0.298 e. The molecule has 0 amide bonds. The number of hydrogen-bond acceptors (Lipinski definition) is 7. The first-order valence-electron chi connectivity index (χ1n) is 10.9. The molecule has 1 aromatic heterocycles. The zero-order valence-corrected chi connectivity index (χ0v) is 19.3. The molecule has 1 aromatic carbocycles. The second kappa shape index (κ2) is 7.32. The Morgan fingerprint density at radius 3 is 2.94 bits per heavy atom. The van der Waals surface area contributed by atoms with E-state index in [1.165, 1.54) is 21.0 Å². The molecule has 3 atom stereocenters. The molecule has 31 heavy (non-hydrogen) atoms. The second-order valence-electron chi connectivity index (χ2n) is 9.30. The lowest BCUT2D eigenvalue weighted by Crippen LogP contribution is -2.58. The molecule has 1 saturated heterocycles. The van der Waals surface area contributed by atoms with Crippen LogP contribution >= 0.6 is 22.9 Å². The van der Waals surface area contributed by atoms with Crippen LogP contribution in [0.15, 0.2) is 35.4 Å². The van der Waals surface area contributed by atoms with Crippen LogP contribution in [-0.2, 0) is 6.42 Å². The van der Waals surface area contributed by atoms with Gasteiger partial charge in [-0.25, -0.2) is 0 Å². The summed E-state index contributed by atoms with van der Waals surface area (Å²) in [6, 6.07) is 8.22. The normalized spacial score (nSPS) is 28.4. The van der Waals surface area contributed by atoms with Crippen LogP contribution in [0.2, 0.25) is 5.02 Å². The number of hydrogen-bond donors (Lipinski definition) is 4. The Labute approximate surface area is 191 Å². The molecule has 0 saturated carbocycles. The maximum atomic E-state index is 6.76. The summed E-state index contributed by atoms with van der Waals surface area (Å²) in [5.74, 6) is 1.03. The number of amidine groups is 1. The van der Waals surface area contributed by atoms with E-state index in [9.17, 15) is 0 Å². The van der Waals surface area contributed by atoms with Crippen molar-refractivity contribution in [2.45, 2.75) is 50.5 Å². The van der Waals surface area contributed by atoms with E-state index in [2.05, 4.69) is 64.4 Å². The molecule has 4 aliphatic rings. The third-order valence-electron chi connectivity index (χ3n) is 6.61. The van der Waals surface area contributed by atoms with Crippen LogP contribution in [0.3, 0.4) is 0 Å². The Balaban J connectivity index is 1.52. The number of rotatable bonds is 2. The smallest absolute Gasteiger partial charge is 0.151 e. The molecule has 0 bridgehead atoms. The number of allylic oxidation sites excluding steroid dienone is 1. The van der Waals surface area contributed by atoms with E-state index in [-0.39, 0.29) is 23.8 Å². The van der Waals surface area contributed by atoms with Gasteiger partial charge in [0.05, 0.1) is 18.2 Å². The maximum Gasteiger partial charge on any atom is 0.151 e. The van der Waals surface area contributed by atoms with E-state index in [0.29, 0.717) is 6.67 Å². The molecule has 162 valence electrons. The molecule has 0 radical (unpaired) electrons. The average molecular weight is 455 g/mol. The molecule has 4 heterocycles. The van der Waals surface area contributed by atoms with Gasteiger partial charge in [0.2, 0.25) is 0 Å². The van der Waals surface area contributed by atoms with Gasteiger partial charge in [-0.2, -0.15) is 5.10 Å². The second-order valence-corrected chi connectivity index (χ2v) is 10.7. The number of benzene rings is 1. The Hall–Kier alpha value is -1.90. The molecule has 4 N–H and O–H groups in total. The Bertz CT molecular complexity index is 1090. The zero-order valence-electron chi connectivity index (χ0n) is 17.7. The molecule has 1 aliphatic carbocycles. The zero-order chi connectivity index (χ0) is 21.2. The third-order valence-corrected chi connectivity index (χ3v) is 8.19. The van der Waals surface area contributed by atoms with Gasteiger partial charge in [-0.15, -0.1) is 11.3 Å². The summed E-state index contributed by atoms with van der Waals surface area (Å²) in [6.07, 6.45) is 6.78. The topological polar surface area (TPSA) is 63.7 Å². The number of halogens is 1. The highest BCUT2D eigenvalue weighted by atomic mass is 35.5. The van der Waals surface area contributed by atoms with E-state index in [1.54, 1.807) is 0 Å². The molecule has 6 rings (SSSR count). The van der Waals surface area contributed by atoms with Gasteiger partial charge in [0.15, 0.2) is 5.84 Å². The van der Waals surface area contributed by atoms with Crippen LogP contribution in [-0.4, -0.2) is 36.8 Å². The molecule has 3 aliphatic heterocycles. The molecule has 6 nitrogen and oxygen atoms in total. The predicted molar refractivity (Wildman–Crippen MR) is 129 cm³/mol. The van der Waals surface area contributed by atoms with Crippen molar-refractivity contribution < 1.29 is 0 Å². The van der Waals surface area contributed by atoms with Crippen molar-refractivity contribution in [3.05, 3.63) is 56.9 Å². The largest absolute Gasteiger partial charge is 0.298 e. The summed E-state index contributed by atoms with van der Waals surface area (Å²) in [7, 11) is 0. The summed E-state index contributed by atoms with van der Waals surface area (Å²) in [4.78, 5) is 3.72. The van der Waals surface area contributed by atoms with Crippen LogP contribution in [0.25, 0.3) is 6.08 Å². The highest BCUT2D eigenvalue weighted by Crippen LogP contribution is 2.47. The Morgan fingerprint density at radius 1 is 1.26 bits per heavy atom. The van der Waals surface area contributed by atoms with Crippen LogP contribution in [0, 0.1) is 0 Å². The molecular formula is C23H27ClN6S. The van der Waals surface area contributed by atoms with Crippen molar-refractivity contribution in [3.8, 4) is 0 Å². The first kappa shape index (κ1) is 19.8. The fraction of sp³-hybridized carbons (Fsp3) is 0.435. The van der Waals surface area contributed by atoms with Crippen LogP contribution in [0.4, 0.5) is 5.00 Å². The van der Waals surface area contributed by atoms with E-state index >= 15 is 0 Å². The lowest BCUT2D eigenvalue weighted by atomic mass is 9.91. The van der Waals surface area contributed by atoms with E-state index in [4.69, 9.17) is 16.7 Å². The van der Waals surface area contributed by atoms with Crippen molar-refractivity contribution in [1.82, 2.24) is 21.4 Å². The number of nitrogens with one attached hydrogen (secondary N) is 4. The van der Waals surface area contributed by atoms with E-state index in [1.807, 2.05) is 23.5 Å². The van der Waals surface area contributed by atoms with Crippen molar-refractivity contribution >= 4 is 39.9 Å². The van der Waals surface area contributed by atoms with Crippen LogP contribution in [0.5, 0.6) is 0 Å². The summed E-state index contributed by atoms with van der Waals surface area (Å²) in [5.41, 5.74) is 7.19. The van der Waals surface area contributed by atoms with Crippen LogP contribution < -0.4 is 26.3 Å². The Morgan fingerprint density at radius 2 is 2.13 bits per heavy atom. The summed E-state index contributed by atoms with van der Waals surface area (Å²) < 4.78 is 0. The third kappa shape index (κ3) is 3.22. The standard InChI is InChI=1S/C23H27ClN6S/c1-23(2)11-25-20(28-23)19-21-29-26-12-30(21)22-17(14-8-4-6-10-16(14)31-22)18(27-19)13-7-3-5-9-15(13)24/h3,5-7,9-10,18-20,25-28H,4,8,11-12H2,1-2H3. The number of fused-ring (bicyclic) bond motifs is 5. The fourth-order valence-corrected chi connectivity index (χ4v) is 6.73. The lowest BCUT2D eigenvalue weighted by molar-refractivity contribution is 0.385. The van der Waals surface area contributed by atoms with Crippen molar-refractivity contribution in [2.75, 3.05) is 18.1 Å². The number of thiophene rings is 1. The van der Waals surface area contributed by atoms with Gasteiger partial charge in [-0.1, -0.05) is 35.9 Å². The fourth-order valence-electron chi connectivity index (χ4n) is 5.16. The molecule has 8 heteroatoms. The molecular weight excluding hydrogens is 428 g/mol. The van der Waals surface area contributed by atoms with Gasteiger partial charge in [0.25, 0.3) is 0 Å². The highest BCUT2D eigenvalue weighted by molar-refractivity contribution is 7.17. The highest BCUT2D eigenvalue weighted by Gasteiger charge is 2.45. The molecule has 2 aromatic rings. The molecule has 0 spiro atoms. The number of nitrogens with zero attached hydrogens (tertiary/aromatic N) is 2. The SMILES string of the molecule is CC1(C)CNC(C2NC(c3ccccc3Cl)c3c(sc4c3CCC=C4)N3CNN=C23)N1. The summed E-state index contributed by atoms with van der Waals surface area (Å²) >= 11 is 8.63. The first-order valence-corrected chi connectivity index (χ1v) is 12.1. The summed E-state index contributed by atoms with van der Waals surface area (Å²) in [6.45, 7) is 6.06. The molecule has 3 unspecified atom stereocenters. The van der Waals surface area contributed by atoms with Gasteiger partial charge < -0.3 is 0 Å². The van der Waals surface area contributed by atoms with Gasteiger partial charge in [0.1, 0.15) is 11.7 Å².